The smallest absolute Gasteiger partial charge is 0.211 e. The second-order valence-corrected chi connectivity index (χ2v) is 7.76. The third-order valence-corrected chi connectivity index (χ3v) is 5.80. The van der Waals surface area contributed by atoms with E-state index in [0.29, 0.717) is 18.8 Å². The number of ketones is 2. The Kier molecular flexibility index (Phi) is 4.95. The maximum atomic E-state index is 13.1. The molecule has 0 N–H and O–H groups in total. The van der Waals surface area contributed by atoms with Gasteiger partial charge in [0.05, 0.1) is 6.61 Å². The van der Waals surface area contributed by atoms with Crippen LogP contribution in [0, 0.1) is 5.41 Å². The van der Waals surface area contributed by atoms with Crippen LogP contribution in [-0.4, -0.2) is 18.2 Å². The van der Waals surface area contributed by atoms with Crippen LogP contribution < -0.4 is 0 Å². The van der Waals surface area contributed by atoms with E-state index in [9.17, 15) is 9.59 Å². The Hall–Kier alpha value is -1.42. The molecule has 1 heterocycles. The summed E-state index contributed by atoms with van der Waals surface area (Å²) < 4.78 is 6.70. The average Bonchev–Trinajstić information content (AvgIpc) is 2.83. The lowest BCUT2D eigenvalue weighted by Gasteiger charge is -2.30. The van der Waals surface area contributed by atoms with Gasteiger partial charge in [0.2, 0.25) is 5.78 Å². The zero-order valence-electron chi connectivity index (χ0n) is 14.2. The van der Waals surface area contributed by atoms with Gasteiger partial charge in [-0.05, 0) is 49.5 Å². The van der Waals surface area contributed by atoms with Crippen molar-refractivity contribution in [2.75, 3.05) is 6.61 Å². The van der Waals surface area contributed by atoms with E-state index in [2.05, 4.69) is 22.9 Å². The Labute approximate surface area is 151 Å². The number of carbonyl (C=O) groups excluding carboxylic acids is 2. The van der Waals surface area contributed by atoms with Gasteiger partial charge in [-0.15, -0.1) is 0 Å². The van der Waals surface area contributed by atoms with Gasteiger partial charge in [-0.2, -0.15) is 0 Å². The van der Waals surface area contributed by atoms with Crippen LogP contribution in [0.4, 0.5) is 0 Å². The van der Waals surface area contributed by atoms with E-state index in [1.807, 2.05) is 31.2 Å². The average molecular weight is 391 g/mol. The van der Waals surface area contributed by atoms with Crippen molar-refractivity contribution >= 4 is 27.5 Å². The van der Waals surface area contributed by atoms with E-state index < -0.39 is 5.41 Å². The minimum absolute atomic E-state index is 0.0419. The molecule has 1 aromatic carbocycles. The Balaban J connectivity index is 2.07. The van der Waals surface area contributed by atoms with Gasteiger partial charge in [0, 0.05) is 16.8 Å². The van der Waals surface area contributed by atoms with E-state index in [1.54, 1.807) is 0 Å². The zero-order chi connectivity index (χ0) is 17.3. The molecule has 2 aliphatic rings. The molecule has 3 rings (SSSR count). The number of hydrogen-bond acceptors (Lipinski definition) is 3. The van der Waals surface area contributed by atoms with Crippen molar-refractivity contribution in [3.63, 3.8) is 0 Å². The first-order valence-corrected chi connectivity index (χ1v) is 9.48. The molecule has 0 radical (unpaired) electrons. The second-order valence-electron chi connectivity index (χ2n) is 6.85. The fraction of sp³-hybridized carbons (Fsp3) is 0.500. The highest BCUT2D eigenvalue weighted by Gasteiger charge is 2.57. The van der Waals surface area contributed by atoms with E-state index in [4.69, 9.17) is 4.74 Å². The van der Waals surface area contributed by atoms with Crippen LogP contribution in [0.2, 0.25) is 0 Å². The molecule has 0 amide bonds. The maximum absolute atomic E-state index is 13.1. The molecule has 1 aromatic rings. The molecule has 0 saturated carbocycles. The highest BCUT2D eigenvalue weighted by molar-refractivity contribution is 9.10. The van der Waals surface area contributed by atoms with Gasteiger partial charge in [0.1, 0.15) is 11.2 Å². The van der Waals surface area contributed by atoms with Crippen molar-refractivity contribution in [2.45, 2.75) is 51.9 Å². The van der Waals surface area contributed by atoms with Crippen molar-refractivity contribution in [1.29, 1.82) is 0 Å². The number of unbranched alkanes of at least 4 members (excludes halogenated alkanes) is 1. The number of carbonyl (C=O) groups is 2. The summed E-state index contributed by atoms with van der Waals surface area (Å²) in [6.45, 7) is 4.45. The molecule has 1 aliphatic carbocycles. The fourth-order valence-electron chi connectivity index (χ4n) is 3.92. The Morgan fingerprint density at radius 1 is 1.33 bits per heavy atom. The lowest BCUT2D eigenvalue weighted by atomic mass is 9.68. The number of Topliss-reactive ketones (excluding diaryl/α,β-unsaturated/α-hetero) is 2. The summed E-state index contributed by atoms with van der Waals surface area (Å²) >= 11 is 3.46. The molecule has 0 fully saturated rings. The summed E-state index contributed by atoms with van der Waals surface area (Å²) in [5.41, 5.74) is 1.01. The van der Waals surface area contributed by atoms with Gasteiger partial charge in [0.15, 0.2) is 5.76 Å². The molecule has 0 bridgehead atoms. The lowest BCUT2D eigenvalue weighted by Crippen LogP contribution is -2.38. The van der Waals surface area contributed by atoms with Crippen LogP contribution in [0.1, 0.15) is 57.4 Å². The summed E-state index contributed by atoms with van der Waals surface area (Å²) in [6.07, 6.45) is 3.95. The van der Waals surface area contributed by atoms with Crippen LogP contribution in [-0.2, 0) is 14.3 Å². The molecule has 0 unspecified atom stereocenters. The number of benzene rings is 1. The molecule has 24 heavy (non-hydrogen) atoms. The Morgan fingerprint density at radius 2 is 2.04 bits per heavy atom. The van der Waals surface area contributed by atoms with Gasteiger partial charge in [-0.3, -0.25) is 9.59 Å². The number of hydrogen-bond donors (Lipinski definition) is 0. The molecular weight excluding hydrogens is 368 g/mol. The van der Waals surface area contributed by atoms with Gasteiger partial charge in [0.25, 0.3) is 0 Å². The highest BCUT2D eigenvalue weighted by atomic mass is 79.9. The largest absolute Gasteiger partial charge is 0.490 e. The van der Waals surface area contributed by atoms with E-state index in [0.717, 1.165) is 41.3 Å². The van der Waals surface area contributed by atoms with Gasteiger partial charge >= 0.3 is 0 Å². The minimum atomic E-state index is -1.03. The predicted molar refractivity (Wildman–Crippen MR) is 96.7 cm³/mol. The molecule has 4 heteroatoms. The summed E-state index contributed by atoms with van der Waals surface area (Å²) in [4.78, 5) is 26.1. The van der Waals surface area contributed by atoms with Gasteiger partial charge in [-0.25, -0.2) is 0 Å². The normalized spacial score (nSPS) is 26.3. The van der Waals surface area contributed by atoms with E-state index >= 15 is 0 Å². The first-order valence-electron chi connectivity index (χ1n) is 8.69. The molecule has 0 aromatic heterocycles. The molecule has 128 valence electrons. The highest BCUT2D eigenvalue weighted by Crippen LogP contribution is 2.54. The van der Waals surface area contributed by atoms with Crippen molar-refractivity contribution in [3.8, 4) is 0 Å². The van der Waals surface area contributed by atoms with E-state index in [1.165, 1.54) is 0 Å². The summed E-state index contributed by atoms with van der Waals surface area (Å²) in [6, 6.07) is 7.97. The molecule has 0 spiro atoms. The predicted octanol–water partition coefficient (Wildman–Crippen LogP) is 4.95. The molecule has 2 atom stereocenters. The van der Waals surface area contributed by atoms with Crippen LogP contribution in [0.15, 0.2) is 40.1 Å². The zero-order valence-corrected chi connectivity index (χ0v) is 15.8. The van der Waals surface area contributed by atoms with Crippen molar-refractivity contribution in [2.24, 2.45) is 5.41 Å². The van der Waals surface area contributed by atoms with Crippen LogP contribution in [0.3, 0.4) is 0 Å². The van der Waals surface area contributed by atoms with Gasteiger partial charge < -0.3 is 4.74 Å². The van der Waals surface area contributed by atoms with Crippen LogP contribution >= 0.6 is 15.9 Å². The summed E-state index contributed by atoms with van der Waals surface area (Å²) in [5, 5.41) is 0. The number of rotatable bonds is 5. The van der Waals surface area contributed by atoms with Crippen molar-refractivity contribution in [1.82, 2.24) is 0 Å². The summed E-state index contributed by atoms with van der Waals surface area (Å²) in [5.74, 6) is 0.186. The fourth-order valence-corrected chi connectivity index (χ4v) is 4.18. The van der Waals surface area contributed by atoms with Crippen molar-refractivity contribution in [3.05, 3.63) is 45.6 Å². The molecule has 1 aliphatic heterocycles. The Bertz CT molecular complexity index is 689. The second kappa shape index (κ2) is 6.83. The first-order chi connectivity index (χ1) is 11.5. The topological polar surface area (TPSA) is 43.4 Å². The minimum Gasteiger partial charge on any atom is -0.490 e. The Morgan fingerprint density at radius 3 is 2.71 bits per heavy atom. The third-order valence-electron chi connectivity index (χ3n) is 5.27. The third kappa shape index (κ3) is 2.75. The van der Waals surface area contributed by atoms with E-state index in [-0.39, 0.29) is 17.5 Å². The molecular formula is C20H23BrO3. The maximum Gasteiger partial charge on any atom is 0.211 e. The number of ether oxygens (including phenoxy) is 1. The van der Waals surface area contributed by atoms with Crippen molar-refractivity contribution < 1.29 is 14.3 Å². The van der Waals surface area contributed by atoms with Crippen LogP contribution in [0.5, 0.6) is 0 Å². The van der Waals surface area contributed by atoms with Gasteiger partial charge in [-0.1, -0.05) is 41.4 Å². The number of allylic oxidation sites excluding steroid dienone is 2. The first kappa shape index (κ1) is 17.4. The lowest BCUT2D eigenvalue weighted by molar-refractivity contribution is -0.139. The monoisotopic (exact) mass is 390 g/mol. The number of halogens is 1. The summed E-state index contributed by atoms with van der Waals surface area (Å²) in [7, 11) is 0. The SMILES string of the molecule is CCCCC(=O)[C@]1(C)C(=O)C2=C(CCCO2)[C@@H]1c1ccc(Br)cc1. The molecule has 0 saturated heterocycles. The quantitative estimate of drug-likeness (QED) is 0.668. The van der Waals surface area contributed by atoms with Crippen LogP contribution in [0.25, 0.3) is 0 Å². The standard InChI is InChI=1S/C20H23BrO3/c1-3-4-7-16(22)20(2)17(13-8-10-14(21)11-9-13)15-6-5-12-24-18(15)19(20)23/h8-11,17H,3-7,12H2,1-2H3/t17-,20-/m0/s1. The molecule has 3 nitrogen and oxygen atoms in total.